The zero-order chi connectivity index (χ0) is 20.3. The molecule has 0 radical (unpaired) electrons. The van der Waals surface area contributed by atoms with Crippen molar-refractivity contribution < 1.29 is 17.9 Å². The largest absolute Gasteiger partial charge is 0.456 e. The number of nitrogens with zero attached hydrogens (tertiary/aromatic N) is 1. The average molecular weight is 437 g/mol. The van der Waals surface area contributed by atoms with Gasteiger partial charge in [-0.15, -0.1) is 11.3 Å². The lowest BCUT2D eigenvalue weighted by Gasteiger charge is -2.07. The topological polar surface area (TPSA) is 85.4 Å². The van der Waals surface area contributed by atoms with Crippen molar-refractivity contribution in [2.45, 2.75) is 18.4 Å². The number of anilines is 2. The molecule has 0 amide bonds. The third-order valence-corrected chi connectivity index (χ3v) is 6.04. The third-order valence-electron chi connectivity index (χ3n) is 3.79. The fourth-order valence-corrected chi connectivity index (χ4v) is 3.86. The number of thiazole rings is 1. The second kappa shape index (κ2) is 8.30. The van der Waals surface area contributed by atoms with Crippen molar-refractivity contribution in [2.75, 3.05) is 11.6 Å². The number of aryl methyl sites for hydroxylation is 1. The molecule has 0 fully saturated rings. The number of halogens is 1. The van der Waals surface area contributed by atoms with E-state index in [-0.39, 0.29) is 22.1 Å². The maximum atomic E-state index is 12.3. The molecule has 3 rings (SSSR count). The maximum Gasteiger partial charge on any atom is 0.340 e. The molecule has 0 aliphatic heterocycles. The molecule has 0 aliphatic rings. The number of ether oxygens (including phenoxy) is 1. The molecule has 0 atom stereocenters. The van der Waals surface area contributed by atoms with Gasteiger partial charge in [-0.05, 0) is 37.3 Å². The lowest BCUT2D eigenvalue weighted by atomic mass is 10.2. The van der Waals surface area contributed by atoms with E-state index in [0.717, 1.165) is 17.5 Å². The second-order valence-corrected chi connectivity index (χ2v) is 9.41. The summed E-state index contributed by atoms with van der Waals surface area (Å²) in [6.45, 7) is 1.96. The number of carbonyl (C=O) groups excluding carboxylic acids is 1. The van der Waals surface area contributed by atoms with Gasteiger partial charge in [-0.25, -0.2) is 18.2 Å². The second-order valence-electron chi connectivity index (χ2n) is 6.12. The minimum atomic E-state index is -3.46. The molecule has 1 aromatic heterocycles. The lowest BCUT2D eigenvalue weighted by Crippen LogP contribution is -2.08. The van der Waals surface area contributed by atoms with Crippen LogP contribution in [0.3, 0.4) is 0 Å². The number of esters is 1. The maximum absolute atomic E-state index is 12.3. The molecule has 1 N–H and O–H groups in total. The van der Waals surface area contributed by atoms with E-state index >= 15 is 0 Å². The van der Waals surface area contributed by atoms with Gasteiger partial charge < -0.3 is 10.1 Å². The van der Waals surface area contributed by atoms with E-state index in [4.69, 9.17) is 16.3 Å². The van der Waals surface area contributed by atoms with Crippen LogP contribution >= 0.6 is 22.9 Å². The summed E-state index contributed by atoms with van der Waals surface area (Å²) < 4.78 is 28.6. The van der Waals surface area contributed by atoms with Gasteiger partial charge >= 0.3 is 5.97 Å². The number of nitrogens with one attached hydrogen (secondary N) is 1. The van der Waals surface area contributed by atoms with E-state index in [1.54, 1.807) is 5.38 Å². The number of carbonyl (C=O) groups is 1. The third kappa shape index (κ3) is 5.09. The van der Waals surface area contributed by atoms with Crippen molar-refractivity contribution >= 4 is 49.6 Å². The number of sulfone groups is 1. The van der Waals surface area contributed by atoms with Crippen LogP contribution in [0.4, 0.5) is 10.8 Å². The van der Waals surface area contributed by atoms with Gasteiger partial charge in [0.25, 0.3) is 0 Å². The van der Waals surface area contributed by atoms with Gasteiger partial charge in [-0.1, -0.05) is 29.3 Å². The quantitative estimate of drug-likeness (QED) is 0.568. The Kier molecular flexibility index (Phi) is 6.02. The molecule has 3 aromatic rings. The first-order valence-corrected chi connectivity index (χ1v) is 11.3. The first-order chi connectivity index (χ1) is 13.2. The van der Waals surface area contributed by atoms with Crippen molar-refractivity contribution in [3.8, 4) is 0 Å². The van der Waals surface area contributed by atoms with Gasteiger partial charge in [0.15, 0.2) is 15.0 Å². The van der Waals surface area contributed by atoms with Gasteiger partial charge in [-0.3, -0.25) is 0 Å². The predicted octanol–water partition coefficient (Wildman–Crippen LogP) is 4.61. The number of aromatic nitrogens is 1. The molecule has 28 heavy (non-hydrogen) atoms. The summed E-state index contributed by atoms with van der Waals surface area (Å²) in [5.41, 5.74) is 2.64. The van der Waals surface area contributed by atoms with E-state index < -0.39 is 15.8 Å². The molecule has 0 spiro atoms. The number of rotatable bonds is 6. The molecule has 0 unspecified atom stereocenters. The molecule has 0 saturated carbocycles. The Morgan fingerprint density at radius 2 is 1.93 bits per heavy atom. The summed E-state index contributed by atoms with van der Waals surface area (Å²) >= 11 is 7.40. The number of hydrogen-bond acceptors (Lipinski definition) is 7. The van der Waals surface area contributed by atoms with Crippen molar-refractivity contribution in [2.24, 2.45) is 0 Å². The summed E-state index contributed by atoms with van der Waals surface area (Å²) in [5.74, 6) is -0.712. The van der Waals surface area contributed by atoms with E-state index in [0.29, 0.717) is 10.8 Å². The van der Waals surface area contributed by atoms with Crippen LogP contribution in [-0.4, -0.2) is 25.6 Å². The van der Waals surface area contributed by atoms with Gasteiger partial charge in [0.1, 0.15) is 6.61 Å². The Balaban J connectivity index is 1.65. The van der Waals surface area contributed by atoms with Gasteiger partial charge in [0, 0.05) is 17.3 Å². The van der Waals surface area contributed by atoms with E-state index in [1.165, 1.54) is 29.5 Å². The van der Waals surface area contributed by atoms with Crippen molar-refractivity contribution in [3.63, 3.8) is 0 Å². The minimum absolute atomic E-state index is 0.00194. The Labute approximate surface area is 172 Å². The summed E-state index contributed by atoms with van der Waals surface area (Å²) in [6.07, 6.45) is 1.06. The average Bonchev–Trinajstić information content (AvgIpc) is 3.08. The van der Waals surface area contributed by atoms with Crippen LogP contribution in [0.1, 0.15) is 21.6 Å². The van der Waals surface area contributed by atoms with Crippen LogP contribution in [0.5, 0.6) is 0 Å². The molecule has 1 heterocycles. The predicted molar refractivity (Wildman–Crippen MR) is 110 cm³/mol. The van der Waals surface area contributed by atoms with Crippen LogP contribution in [-0.2, 0) is 21.2 Å². The lowest BCUT2D eigenvalue weighted by molar-refractivity contribution is 0.0468. The van der Waals surface area contributed by atoms with Gasteiger partial charge in [0.05, 0.1) is 21.2 Å². The van der Waals surface area contributed by atoms with Gasteiger partial charge in [-0.2, -0.15) is 0 Å². The zero-order valence-electron chi connectivity index (χ0n) is 15.1. The summed E-state index contributed by atoms with van der Waals surface area (Å²) in [7, 11) is -3.46. The standard InChI is InChI=1S/C19H17ClN2O4S2/c1-12-3-5-13(6-4-12)21-19-22-14(11-27-19)10-26-18(23)16-9-15(28(2,24)25)7-8-17(16)20/h3-9,11H,10H2,1-2H3,(H,21,22). The van der Waals surface area contributed by atoms with E-state index in [9.17, 15) is 13.2 Å². The van der Waals surface area contributed by atoms with Crippen molar-refractivity contribution in [3.05, 3.63) is 69.7 Å². The smallest absolute Gasteiger partial charge is 0.340 e. The van der Waals surface area contributed by atoms with Crippen LogP contribution < -0.4 is 5.32 Å². The summed E-state index contributed by atoms with van der Waals surface area (Å²) in [6, 6.07) is 11.8. The molecule has 0 aliphatic carbocycles. The molecule has 6 nitrogen and oxygen atoms in total. The van der Waals surface area contributed by atoms with E-state index in [2.05, 4.69) is 10.3 Å². The Hall–Kier alpha value is -2.42. The van der Waals surface area contributed by atoms with Crippen LogP contribution in [0.25, 0.3) is 0 Å². The molecule has 146 valence electrons. The summed E-state index contributed by atoms with van der Waals surface area (Å²) in [5, 5.41) is 5.76. The highest BCUT2D eigenvalue weighted by atomic mass is 35.5. The molecule has 0 saturated heterocycles. The highest BCUT2D eigenvalue weighted by Gasteiger charge is 2.17. The Bertz CT molecular complexity index is 1110. The van der Waals surface area contributed by atoms with Crippen LogP contribution in [0, 0.1) is 6.92 Å². The summed E-state index contributed by atoms with van der Waals surface area (Å²) in [4.78, 5) is 16.7. The normalized spacial score (nSPS) is 11.2. The molecular weight excluding hydrogens is 420 g/mol. The Morgan fingerprint density at radius 3 is 2.61 bits per heavy atom. The first kappa shape index (κ1) is 20.3. The molecular formula is C19H17ClN2O4S2. The number of hydrogen-bond donors (Lipinski definition) is 1. The fourth-order valence-electron chi connectivity index (χ4n) is 2.30. The van der Waals surface area contributed by atoms with Crippen LogP contribution in [0.15, 0.2) is 52.7 Å². The first-order valence-electron chi connectivity index (χ1n) is 8.17. The van der Waals surface area contributed by atoms with Crippen LogP contribution in [0.2, 0.25) is 5.02 Å². The Morgan fingerprint density at radius 1 is 1.21 bits per heavy atom. The van der Waals surface area contributed by atoms with Crippen molar-refractivity contribution in [1.29, 1.82) is 0 Å². The SMILES string of the molecule is Cc1ccc(Nc2nc(COC(=O)c3cc(S(C)(=O)=O)ccc3Cl)cs2)cc1. The van der Waals surface area contributed by atoms with Crippen molar-refractivity contribution in [1.82, 2.24) is 4.98 Å². The number of benzene rings is 2. The highest BCUT2D eigenvalue weighted by molar-refractivity contribution is 7.90. The molecule has 2 aromatic carbocycles. The minimum Gasteiger partial charge on any atom is -0.456 e. The molecule has 0 bridgehead atoms. The highest BCUT2D eigenvalue weighted by Crippen LogP contribution is 2.24. The zero-order valence-corrected chi connectivity index (χ0v) is 17.5. The monoisotopic (exact) mass is 436 g/mol. The molecule has 9 heteroatoms. The van der Waals surface area contributed by atoms with E-state index in [1.807, 2.05) is 31.2 Å². The fraction of sp³-hybridized carbons (Fsp3) is 0.158. The van der Waals surface area contributed by atoms with Gasteiger partial charge in [0.2, 0.25) is 0 Å².